The molecule has 0 fully saturated rings. The predicted octanol–water partition coefficient (Wildman–Crippen LogP) is 5.82. The minimum absolute atomic E-state index is 0.0431. The van der Waals surface area contributed by atoms with Crippen LogP contribution in [0.25, 0.3) is 44.9 Å². The number of aromatic nitrogens is 4. The van der Waals surface area contributed by atoms with Crippen LogP contribution in [0.1, 0.15) is 78.1 Å². The van der Waals surface area contributed by atoms with E-state index in [9.17, 15) is 19.2 Å². The number of aryl methyl sites for hydroxylation is 3. The van der Waals surface area contributed by atoms with Gasteiger partial charge in [0, 0.05) is 66.7 Å². The van der Waals surface area contributed by atoms with Gasteiger partial charge < -0.3 is 39.9 Å². The number of amides is 2. The molecule has 5 heterocycles. The molecule has 328 valence electrons. The van der Waals surface area contributed by atoms with E-state index in [1.807, 2.05) is 102 Å². The lowest BCUT2D eigenvalue weighted by Crippen LogP contribution is -2.42. The standard InChI is InChI=1S/C48H60N8O6/c1-12-30-27(2)36-24-41-34-16-13-33(46(59)61-10)45(47(60)62-11)48(34,5)42(54-41)26-37-29(4)32(15-18-44(58)50-20-22-56(8)9)40(53-37)25-39-31(14-17-43(57)49-19-21-55(6)7)28(3)35(52-39)23-38(30)51-36/h12-13,16,23-26,45,51,53H,1,14-15,17-22H2,2-11H3,(H,49,57)(H,50,58)/t45-,48+/m0/s1. The highest BCUT2D eigenvalue weighted by atomic mass is 16.5. The lowest BCUT2D eigenvalue weighted by atomic mass is 9.64. The Kier molecular flexibility index (Phi) is 13.8. The number of nitrogens with one attached hydrogen (secondary N) is 4. The first-order chi connectivity index (χ1) is 29.5. The van der Waals surface area contributed by atoms with Gasteiger partial charge in [-0.15, -0.1) is 0 Å². The maximum absolute atomic E-state index is 13.9. The summed E-state index contributed by atoms with van der Waals surface area (Å²) in [6, 6.07) is 7.90. The molecule has 3 aromatic rings. The maximum Gasteiger partial charge on any atom is 0.334 e. The maximum atomic E-state index is 13.9. The Morgan fingerprint density at radius 2 is 1.37 bits per heavy atom. The fourth-order valence-electron chi connectivity index (χ4n) is 8.61. The summed E-state index contributed by atoms with van der Waals surface area (Å²) in [7, 11) is 10.5. The van der Waals surface area contributed by atoms with Crippen molar-refractivity contribution < 1.29 is 28.7 Å². The van der Waals surface area contributed by atoms with Gasteiger partial charge in [-0.25, -0.2) is 9.78 Å². The van der Waals surface area contributed by atoms with Gasteiger partial charge >= 0.3 is 11.9 Å². The van der Waals surface area contributed by atoms with E-state index in [1.165, 1.54) is 14.2 Å². The summed E-state index contributed by atoms with van der Waals surface area (Å²) in [6.45, 7) is 14.6. The number of hydrogen-bond acceptors (Lipinski definition) is 10. The minimum Gasteiger partial charge on any atom is -0.469 e. The second-order valence-corrected chi connectivity index (χ2v) is 16.9. The summed E-state index contributed by atoms with van der Waals surface area (Å²) in [4.78, 5) is 75.2. The van der Waals surface area contributed by atoms with Gasteiger partial charge in [-0.2, -0.15) is 0 Å². The molecule has 4 N–H and O–H groups in total. The Morgan fingerprint density at radius 1 is 0.774 bits per heavy atom. The normalized spacial score (nSPS) is 17.1. The van der Waals surface area contributed by atoms with E-state index in [0.29, 0.717) is 48.5 Å². The molecule has 2 aliphatic heterocycles. The van der Waals surface area contributed by atoms with Crippen molar-refractivity contribution in [2.45, 2.75) is 58.8 Å². The van der Waals surface area contributed by atoms with Gasteiger partial charge in [0.2, 0.25) is 11.8 Å². The molecule has 0 aromatic carbocycles. The molecule has 3 aliphatic rings. The molecule has 0 radical (unpaired) electrons. The van der Waals surface area contributed by atoms with Crippen molar-refractivity contribution in [3.63, 3.8) is 0 Å². The molecule has 3 aromatic heterocycles. The molecule has 1 aliphatic carbocycles. The van der Waals surface area contributed by atoms with Gasteiger partial charge in [0.15, 0.2) is 0 Å². The lowest BCUT2D eigenvalue weighted by Gasteiger charge is -2.36. The molecular weight excluding hydrogens is 785 g/mol. The number of ether oxygens (including phenoxy) is 2. The average Bonchev–Trinajstić information content (AvgIpc) is 3.88. The van der Waals surface area contributed by atoms with Crippen LogP contribution in [0.3, 0.4) is 0 Å². The molecule has 6 rings (SSSR count). The quantitative estimate of drug-likeness (QED) is 0.137. The summed E-state index contributed by atoms with van der Waals surface area (Å²) in [5.41, 5.74) is 10.9. The molecule has 2 amide bonds. The number of fused-ring (bicyclic) bond motifs is 11. The number of H-pyrrole nitrogens is 2. The molecule has 62 heavy (non-hydrogen) atoms. The average molecular weight is 845 g/mol. The first kappa shape index (κ1) is 45.4. The first-order valence-corrected chi connectivity index (χ1v) is 21.0. The Morgan fingerprint density at radius 3 is 1.98 bits per heavy atom. The second kappa shape index (κ2) is 18.9. The van der Waals surface area contributed by atoms with Crippen LogP contribution in [0, 0.1) is 19.8 Å². The van der Waals surface area contributed by atoms with E-state index in [0.717, 1.165) is 74.3 Å². The summed E-state index contributed by atoms with van der Waals surface area (Å²) in [6.07, 6.45) is 6.66. The van der Waals surface area contributed by atoms with Gasteiger partial charge in [-0.1, -0.05) is 24.8 Å². The van der Waals surface area contributed by atoms with Crippen molar-refractivity contribution in [1.29, 1.82) is 0 Å². The van der Waals surface area contributed by atoms with E-state index in [1.54, 1.807) is 6.08 Å². The Bertz CT molecular complexity index is 2570. The van der Waals surface area contributed by atoms with Crippen LogP contribution in [-0.4, -0.2) is 122 Å². The summed E-state index contributed by atoms with van der Waals surface area (Å²) in [5.74, 6) is -2.43. The number of allylic oxidation sites excluding steroid dienone is 5. The van der Waals surface area contributed by atoms with E-state index in [4.69, 9.17) is 19.4 Å². The summed E-state index contributed by atoms with van der Waals surface area (Å²) < 4.78 is 10.6. The Hall–Kier alpha value is -6.12. The van der Waals surface area contributed by atoms with Crippen molar-refractivity contribution in [1.82, 2.24) is 40.4 Å². The van der Waals surface area contributed by atoms with Crippen LogP contribution in [0.15, 0.2) is 48.6 Å². The molecule has 0 unspecified atom stereocenters. The van der Waals surface area contributed by atoms with Gasteiger partial charge in [-0.05, 0) is 126 Å². The Labute approximate surface area is 363 Å². The Balaban J connectivity index is 1.64. The van der Waals surface area contributed by atoms with E-state index in [-0.39, 0.29) is 30.2 Å². The highest BCUT2D eigenvalue weighted by molar-refractivity contribution is 6.02. The fourth-order valence-corrected chi connectivity index (χ4v) is 8.61. The van der Waals surface area contributed by atoms with Gasteiger partial charge in [0.1, 0.15) is 5.92 Å². The van der Waals surface area contributed by atoms with Crippen LogP contribution < -0.4 is 10.6 Å². The van der Waals surface area contributed by atoms with Crippen molar-refractivity contribution in [3.8, 4) is 0 Å². The van der Waals surface area contributed by atoms with E-state index in [2.05, 4.69) is 27.2 Å². The van der Waals surface area contributed by atoms with Gasteiger partial charge in [-0.3, -0.25) is 19.4 Å². The zero-order chi connectivity index (χ0) is 45.0. The third-order valence-electron chi connectivity index (χ3n) is 12.3. The van der Waals surface area contributed by atoms with Crippen LogP contribution in [-0.2, 0) is 40.5 Å². The van der Waals surface area contributed by atoms with E-state index < -0.39 is 23.3 Å². The number of carbonyl (C=O) groups is 4. The number of rotatable bonds is 15. The number of nitrogens with zero attached hydrogens (tertiary/aromatic N) is 4. The summed E-state index contributed by atoms with van der Waals surface area (Å²) >= 11 is 0. The predicted molar refractivity (Wildman–Crippen MR) is 245 cm³/mol. The largest absolute Gasteiger partial charge is 0.469 e. The zero-order valence-electron chi connectivity index (χ0n) is 37.7. The first-order valence-electron chi connectivity index (χ1n) is 21.0. The summed E-state index contributed by atoms with van der Waals surface area (Å²) in [5, 5.41) is 6.07. The van der Waals surface area contributed by atoms with E-state index >= 15 is 0 Å². The third-order valence-corrected chi connectivity index (χ3v) is 12.3. The number of likely N-dealkylation sites (N-methyl/N-ethyl adjacent to an activating group) is 2. The van der Waals surface area contributed by atoms with Gasteiger partial charge in [0.05, 0.1) is 48.0 Å². The minimum atomic E-state index is -1.16. The van der Waals surface area contributed by atoms with Crippen molar-refractivity contribution in [2.75, 3.05) is 68.6 Å². The number of carbonyl (C=O) groups excluding carboxylic acids is 4. The SMILES string of the molecule is C=Cc1c(C)c2cc3nc(cc4[nH]c(cc5nc(cc1[nH]2)C(C)=C5CCC(=O)NCCN(C)C)c(CCC(=O)NCCN(C)C)c4C)[C@@]1(C)C3=CC=C(C(=O)OC)[C@H]1C(=O)OC. The van der Waals surface area contributed by atoms with Crippen LogP contribution >= 0.6 is 0 Å². The topological polar surface area (TPSA) is 175 Å². The van der Waals surface area contributed by atoms with Crippen LogP contribution in [0.4, 0.5) is 0 Å². The number of aromatic amines is 2. The molecule has 2 atom stereocenters. The number of esters is 2. The molecule has 0 spiro atoms. The molecular formula is C48H60N8O6. The highest BCUT2D eigenvalue weighted by Gasteiger charge is 2.53. The van der Waals surface area contributed by atoms with Crippen molar-refractivity contribution in [3.05, 3.63) is 93.6 Å². The molecule has 14 heteroatoms. The molecule has 0 saturated carbocycles. The third kappa shape index (κ3) is 9.07. The molecule has 14 nitrogen and oxygen atoms in total. The lowest BCUT2D eigenvalue weighted by molar-refractivity contribution is -0.149. The number of hydrogen-bond donors (Lipinski definition) is 4. The van der Waals surface area contributed by atoms with Crippen molar-refractivity contribution in [2.24, 2.45) is 5.92 Å². The number of methoxy groups -OCH3 is 2. The van der Waals surface area contributed by atoms with Crippen LogP contribution in [0.5, 0.6) is 0 Å². The molecule has 8 bridgehead atoms. The smallest absolute Gasteiger partial charge is 0.334 e. The highest BCUT2D eigenvalue weighted by Crippen LogP contribution is 2.52. The molecule has 0 saturated heterocycles. The monoisotopic (exact) mass is 844 g/mol. The van der Waals surface area contributed by atoms with Gasteiger partial charge in [0.25, 0.3) is 0 Å². The second-order valence-electron chi connectivity index (χ2n) is 16.9. The zero-order valence-corrected chi connectivity index (χ0v) is 37.7. The van der Waals surface area contributed by atoms with Crippen LogP contribution in [0.2, 0.25) is 0 Å². The van der Waals surface area contributed by atoms with Crippen molar-refractivity contribution >= 4 is 68.6 Å². The fraction of sp³-hybridized carbons (Fsp3) is 0.417.